The lowest BCUT2D eigenvalue weighted by atomic mass is 9.94. The molecule has 3 nitrogen and oxygen atoms in total. The van der Waals surface area contributed by atoms with Gasteiger partial charge in [0.1, 0.15) is 0 Å². The van der Waals surface area contributed by atoms with Crippen molar-refractivity contribution in [1.82, 2.24) is 9.47 Å². The van der Waals surface area contributed by atoms with Gasteiger partial charge in [0.15, 0.2) is 5.11 Å². The van der Waals surface area contributed by atoms with Gasteiger partial charge in [0.2, 0.25) is 0 Å². The summed E-state index contributed by atoms with van der Waals surface area (Å²) in [6, 6.07) is 14.5. The first-order chi connectivity index (χ1) is 14.5. The Hall–Kier alpha value is -1.75. The molecular weight excluding hydrogens is 433 g/mol. The molecule has 1 aromatic heterocycles. The van der Waals surface area contributed by atoms with Crippen LogP contribution in [0.4, 0.5) is 5.69 Å². The Labute approximate surface area is 194 Å². The lowest BCUT2D eigenvalue weighted by molar-refractivity contribution is 0.241. The zero-order valence-electron chi connectivity index (χ0n) is 17.2. The van der Waals surface area contributed by atoms with Gasteiger partial charge in [-0.3, -0.25) is 0 Å². The smallest absolute Gasteiger partial charge is 0.173 e. The van der Waals surface area contributed by atoms with Gasteiger partial charge >= 0.3 is 0 Å². The van der Waals surface area contributed by atoms with Crippen LogP contribution in [-0.4, -0.2) is 20.6 Å². The number of hydrogen-bond donors (Lipinski definition) is 1. The number of para-hydroxylation sites is 1. The normalized spacial score (nSPS) is 14.8. The molecule has 1 aliphatic carbocycles. The lowest BCUT2D eigenvalue weighted by Gasteiger charge is -2.36. The summed E-state index contributed by atoms with van der Waals surface area (Å²) in [6.45, 7) is 3.93. The number of nitrogens with zero attached hydrogens (tertiary/aromatic N) is 2. The van der Waals surface area contributed by atoms with Gasteiger partial charge in [-0.15, -0.1) is 0 Å². The van der Waals surface area contributed by atoms with Crippen molar-refractivity contribution in [1.29, 1.82) is 0 Å². The first-order valence-corrected chi connectivity index (χ1v) is 11.8. The molecular formula is C24H27Cl2N3S. The van der Waals surface area contributed by atoms with Crippen LogP contribution >= 0.6 is 35.4 Å². The van der Waals surface area contributed by atoms with E-state index in [-0.39, 0.29) is 0 Å². The molecule has 0 bridgehead atoms. The Morgan fingerprint density at radius 1 is 1.10 bits per heavy atom. The van der Waals surface area contributed by atoms with Gasteiger partial charge in [0.05, 0.1) is 0 Å². The number of aryl methyl sites for hydroxylation is 1. The molecule has 1 N–H and O–H groups in total. The zero-order chi connectivity index (χ0) is 21.1. The van der Waals surface area contributed by atoms with E-state index in [1.165, 1.54) is 48.6 Å². The summed E-state index contributed by atoms with van der Waals surface area (Å²) < 4.78 is 2.32. The molecule has 6 heteroatoms. The second-order valence-electron chi connectivity index (χ2n) is 7.97. The van der Waals surface area contributed by atoms with Crippen LogP contribution in [0.2, 0.25) is 10.0 Å². The zero-order valence-corrected chi connectivity index (χ0v) is 19.5. The SMILES string of the molecule is CCn1cc(CN(C(=S)Nc2cc(Cl)cc(Cl)c2)C2CCCCC2)c2ccccc21. The topological polar surface area (TPSA) is 20.2 Å². The van der Waals surface area contributed by atoms with Crippen molar-refractivity contribution in [3.05, 3.63) is 64.3 Å². The average molecular weight is 460 g/mol. The van der Waals surface area contributed by atoms with E-state index in [9.17, 15) is 0 Å². The molecule has 0 radical (unpaired) electrons. The Morgan fingerprint density at radius 2 is 1.80 bits per heavy atom. The fourth-order valence-electron chi connectivity index (χ4n) is 4.47. The molecule has 2 aromatic carbocycles. The van der Waals surface area contributed by atoms with Gasteiger partial charge in [-0.1, -0.05) is 60.7 Å². The average Bonchev–Trinajstić information content (AvgIpc) is 3.09. The lowest BCUT2D eigenvalue weighted by Crippen LogP contribution is -2.43. The second kappa shape index (κ2) is 9.59. The van der Waals surface area contributed by atoms with E-state index in [4.69, 9.17) is 35.4 Å². The second-order valence-corrected chi connectivity index (χ2v) is 9.23. The van der Waals surface area contributed by atoms with E-state index in [1.54, 1.807) is 6.07 Å². The van der Waals surface area contributed by atoms with E-state index >= 15 is 0 Å². The predicted octanol–water partition coefficient (Wildman–Crippen LogP) is 7.50. The standard InChI is InChI=1S/C24H27Cl2N3S/c1-2-28-15-17(22-10-6-7-11-23(22)28)16-29(21-8-4-3-5-9-21)24(30)27-20-13-18(25)12-19(26)14-20/h6-7,10-15,21H,2-5,8-9,16H2,1H3,(H,27,30). The van der Waals surface area contributed by atoms with Gasteiger partial charge < -0.3 is 14.8 Å². The number of aromatic nitrogens is 1. The number of anilines is 1. The molecule has 3 aromatic rings. The maximum atomic E-state index is 6.19. The highest BCUT2D eigenvalue weighted by atomic mass is 35.5. The van der Waals surface area contributed by atoms with Crippen molar-refractivity contribution in [3.8, 4) is 0 Å². The molecule has 1 aliphatic rings. The van der Waals surface area contributed by atoms with Crippen LogP contribution in [0.15, 0.2) is 48.7 Å². The number of halogens is 2. The predicted molar refractivity (Wildman–Crippen MR) is 133 cm³/mol. The molecule has 0 aliphatic heterocycles. The van der Waals surface area contributed by atoms with E-state index in [2.05, 4.69) is 52.2 Å². The van der Waals surface area contributed by atoms with Crippen LogP contribution in [0.5, 0.6) is 0 Å². The van der Waals surface area contributed by atoms with Crippen molar-refractivity contribution >= 4 is 57.1 Å². The summed E-state index contributed by atoms with van der Waals surface area (Å²) in [5.41, 5.74) is 3.42. The highest BCUT2D eigenvalue weighted by Gasteiger charge is 2.25. The summed E-state index contributed by atoms with van der Waals surface area (Å²) in [5.74, 6) is 0. The van der Waals surface area contributed by atoms with E-state index in [1.807, 2.05) is 12.1 Å². The van der Waals surface area contributed by atoms with Gasteiger partial charge in [0, 0.05) is 52.0 Å². The molecule has 0 saturated heterocycles. The van der Waals surface area contributed by atoms with Crippen LogP contribution in [-0.2, 0) is 13.1 Å². The first kappa shape index (κ1) is 21.5. The third kappa shape index (κ3) is 4.77. The third-order valence-corrected chi connectivity index (χ3v) is 6.72. The number of fused-ring (bicyclic) bond motifs is 1. The molecule has 158 valence electrons. The molecule has 4 rings (SSSR count). The largest absolute Gasteiger partial charge is 0.347 e. The molecule has 0 unspecified atom stereocenters. The Morgan fingerprint density at radius 3 is 2.50 bits per heavy atom. The summed E-state index contributed by atoms with van der Waals surface area (Å²) in [7, 11) is 0. The molecule has 0 spiro atoms. The molecule has 0 atom stereocenters. The summed E-state index contributed by atoms with van der Waals surface area (Å²) in [4.78, 5) is 2.37. The minimum atomic E-state index is 0.442. The summed E-state index contributed by atoms with van der Waals surface area (Å²) in [5, 5.41) is 6.62. The van der Waals surface area contributed by atoms with Gasteiger partial charge in [-0.2, -0.15) is 0 Å². The van der Waals surface area contributed by atoms with E-state index in [0.717, 1.165) is 23.9 Å². The fraction of sp³-hybridized carbons (Fsp3) is 0.375. The highest BCUT2D eigenvalue weighted by Crippen LogP contribution is 2.29. The molecule has 1 fully saturated rings. The summed E-state index contributed by atoms with van der Waals surface area (Å²) in [6.07, 6.45) is 8.44. The molecule has 30 heavy (non-hydrogen) atoms. The van der Waals surface area contributed by atoms with Crippen molar-refractivity contribution < 1.29 is 0 Å². The quantitative estimate of drug-likeness (QED) is 0.398. The number of benzene rings is 2. The van der Waals surface area contributed by atoms with Crippen LogP contribution in [0.3, 0.4) is 0 Å². The number of thiocarbonyl (C=S) groups is 1. The van der Waals surface area contributed by atoms with Crippen molar-refractivity contribution in [2.24, 2.45) is 0 Å². The molecule has 1 saturated carbocycles. The van der Waals surface area contributed by atoms with Crippen LogP contribution < -0.4 is 5.32 Å². The van der Waals surface area contributed by atoms with Gasteiger partial charge in [0.25, 0.3) is 0 Å². The Balaban J connectivity index is 1.64. The highest BCUT2D eigenvalue weighted by molar-refractivity contribution is 7.80. The maximum absolute atomic E-state index is 6.19. The number of rotatable bonds is 5. The minimum Gasteiger partial charge on any atom is -0.347 e. The van der Waals surface area contributed by atoms with E-state index < -0.39 is 0 Å². The van der Waals surface area contributed by atoms with Crippen molar-refractivity contribution in [2.75, 3.05) is 5.32 Å². The monoisotopic (exact) mass is 459 g/mol. The Kier molecular flexibility index (Phi) is 6.87. The Bertz CT molecular complexity index is 1020. The molecule has 0 amide bonds. The van der Waals surface area contributed by atoms with Crippen molar-refractivity contribution in [3.63, 3.8) is 0 Å². The fourth-order valence-corrected chi connectivity index (χ4v) is 5.33. The van der Waals surface area contributed by atoms with Crippen LogP contribution in [0, 0.1) is 0 Å². The van der Waals surface area contributed by atoms with Gasteiger partial charge in [-0.05, 0) is 61.8 Å². The first-order valence-electron chi connectivity index (χ1n) is 10.7. The van der Waals surface area contributed by atoms with E-state index in [0.29, 0.717) is 16.1 Å². The number of nitrogens with one attached hydrogen (secondary N) is 1. The number of hydrogen-bond acceptors (Lipinski definition) is 1. The van der Waals surface area contributed by atoms with Crippen molar-refractivity contribution in [2.45, 2.75) is 58.2 Å². The van der Waals surface area contributed by atoms with Crippen LogP contribution in [0.25, 0.3) is 10.9 Å². The third-order valence-electron chi connectivity index (χ3n) is 5.94. The minimum absolute atomic E-state index is 0.442. The van der Waals surface area contributed by atoms with Crippen LogP contribution in [0.1, 0.15) is 44.6 Å². The summed E-state index contributed by atoms with van der Waals surface area (Å²) >= 11 is 18.3. The van der Waals surface area contributed by atoms with Gasteiger partial charge in [-0.25, -0.2) is 0 Å². The molecule has 1 heterocycles. The maximum Gasteiger partial charge on any atom is 0.173 e.